The zero-order valence-corrected chi connectivity index (χ0v) is 14.4. The summed E-state index contributed by atoms with van der Waals surface area (Å²) < 4.78 is 45.6. The van der Waals surface area contributed by atoms with E-state index in [0.29, 0.717) is 5.76 Å². The summed E-state index contributed by atoms with van der Waals surface area (Å²) in [5.74, 6) is -4.40. The predicted octanol–water partition coefficient (Wildman–Crippen LogP) is 4.40. The second kappa shape index (κ2) is 8.09. The summed E-state index contributed by atoms with van der Waals surface area (Å²) in [7, 11) is 0. The highest BCUT2D eigenvalue weighted by molar-refractivity contribution is 5.94. The minimum Gasteiger partial charge on any atom is -0.467 e. The predicted molar refractivity (Wildman–Crippen MR) is 94.5 cm³/mol. The van der Waals surface area contributed by atoms with Gasteiger partial charge in [0.15, 0.2) is 17.5 Å². The first-order valence-electron chi connectivity index (χ1n) is 8.26. The quantitative estimate of drug-likeness (QED) is 0.629. The maximum Gasteiger partial charge on any atom is 0.241 e. The van der Waals surface area contributed by atoms with E-state index in [1.807, 2.05) is 30.3 Å². The van der Waals surface area contributed by atoms with Crippen molar-refractivity contribution in [1.29, 1.82) is 0 Å². The normalized spacial score (nSPS) is 13.2. The molecule has 3 rings (SSSR count). The maximum absolute atomic E-state index is 13.8. The van der Waals surface area contributed by atoms with Crippen LogP contribution in [0.4, 0.5) is 18.9 Å². The zero-order valence-electron chi connectivity index (χ0n) is 14.4. The molecule has 4 nitrogen and oxygen atoms in total. The Kier molecular flexibility index (Phi) is 5.61. The van der Waals surface area contributed by atoms with E-state index in [9.17, 15) is 18.0 Å². The molecule has 140 valence electrons. The molecule has 1 aromatic heterocycles. The first-order chi connectivity index (χ1) is 13.0. The van der Waals surface area contributed by atoms with Gasteiger partial charge in [0.2, 0.25) is 5.91 Å². The highest BCUT2D eigenvalue weighted by Gasteiger charge is 2.24. The molecule has 3 aromatic rings. The van der Waals surface area contributed by atoms with Gasteiger partial charge in [-0.3, -0.25) is 10.1 Å². The van der Waals surface area contributed by atoms with Crippen LogP contribution < -0.4 is 10.6 Å². The third-order valence-corrected chi connectivity index (χ3v) is 4.06. The van der Waals surface area contributed by atoms with E-state index in [0.717, 1.165) is 17.7 Å². The summed E-state index contributed by atoms with van der Waals surface area (Å²) in [5, 5.41) is 5.37. The van der Waals surface area contributed by atoms with Crippen LogP contribution in [0.5, 0.6) is 0 Å². The maximum atomic E-state index is 13.8. The van der Waals surface area contributed by atoms with Crippen LogP contribution in [-0.4, -0.2) is 11.9 Å². The van der Waals surface area contributed by atoms with Crippen molar-refractivity contribution >= 4 is 11.6 Å². The van der Waals surface area contributed by atoms with Crippen LogP contribution in [0.2, 0.25) is 0 Å². The van der Waals surface area contributed by atoms with E-state index in [1.54, 1.807) is 19.1 Å². The molecule has 0 spiro atoms. The number of nitrogens with one attached hydrogen (secondary N) is 2. The number of carbonyl (C=O) groups excluding carboxylic acids is 1. The molecular weight excluding hydrogens is 357 g/mol. The lowest BCUT2D eigenvalue weighted by Gasteiger charge is -2.22. The van der Waals surface area contributed by atoms with Crippen LogP contribution in [0.3, 0.4) is 0 Å². The van der Waals surface area contributed by atoms with Crippen molar-refractivity contribution in [3.63, 3.8) is 0 Å². The molecule has 1 heterocycles. The van der Waals surface area contributed by atoms with Crippen molar-refractivity contribution in [1.82, 2.24) is 5.32 Å². The van der Waals surface area contributed by atoms with E-state index >= 15 is 0 Å². The number of benzene rings is 2. The first kappa shape index (κ1) is 18.7. The summed E-state index contributed by atoms with van der Waals surface area (Å²) in [5.41, 5.74) is 0.438. The Labute approximate surface area is 154 Å². The number of hydrogen-bond donors (Lipinski definition) is 2. The average molecular weight is 374 g/mol. The third-order valence-electron chi connectivity index (χ3n) is 4.06. The highest BCUT2D eigenvalue weighted by Crippen LogP contribution is 2.24. The third kappa shape index (κ3) is 4.20. The van der Waals surface area contributed by atoms with Gasteiger partial charge in [-0.25, -0.2) is 13.2 Å². The Balaban J connectivity index is 1.77. The van der Waals surface area contributed by atoms with E-state index in [1.165, 1.54) is 6.26 Å². The number of amides is 1. The number of hydrogen-bond acceptors (Lipinski definition) is 3. The van der Waals surface area contributed by atoms with Crippen molar-refractivity contribution in [2.24, 2.45) is 0 Å². The molecule has 2 atom stereocenters. The largest absolute Gasteiger partial charge is 0.467 e. The van der Waals surface area contributed by atoms with E-state index < -0.39 is 41.1 Å². The molecule has 0 aliphatic carbocycles. The number of rotatable bonds is 6. The number of furan rings is 1. The number of carbonyl (C=O) groups is 1. The van der Waals surface area contributed by atoms with Crippen molar-refractivity contribution in [2.45, 2.75) is 19.0 Å². The molecular formula is C20H17F3N2O2. The monoisotopic (exact) mass is 374 g/mol. The summed E-state index contributed by atoms with van der Waals surface area (Å²) in [4.78, 5) is 12.4. The van der Waals surface area contributed by atoms with Crippen LogP contribution >= 0.6 is 0 Å². The van der Waals surface area contributed by atoms with Gasteiger partial charge < -0.3 is 9.73 Å². The molecule has 0 fully saturated rings. The average Bonchev–Trinajstić information content (AvgIpc) is 3.21. The van der Waals surface area contributed by atoms with Gasteiger partial charge in [-0.05, 0) is 36.8 Å². The van der Waals surface area contributed by atoms with Crippen LogP contribution in [0, 0.1) is 17.5 Å². The highest BCUT2D eigenvalue weighted by atomic mass is 19.2. The van der Waals surface area contributed by atoms with Gasteiger partial charge in [0.1, 0.15) is 5.76 Å². The molecule has 0 bridgehead atoms. The number of halogens is 3. The Morgan fingerprint density at radius 1 is 0.963 bits per heavy atom. The summed E-state index contributed by atoms with van der Waals surface area (Å²) in [6, 6.07) is 13.3. The van der Waals surface area contributed by atoms with Crippen molar-refractivity contribution in [3.05, 3.63) is 89.6 Å². The number of anilines is 1. The fourth-order valence-corrected chi connectivity index (χ4v) is 2.63. The van der Waals surface area contributed by atoms with Crippen molar-refractivity contribution in [2.75, 3.05) is 5.32 Å². The fourth-order valence-electron chi connectivity index (χ4n) is 2.63. The second-order valence-electron chi connectivity index (χ2n) is 5.96. The van der Waals surface area contributed by atoms with E-state index in [4.69, 9.17) is 4.42 Å². The molecule has 0 unspecified atom stereocenters. The first-order valence-corrected chi connectivity index (χ1v) is 8.26. The van der Waals surface area contributed by atoms with Gasteiger partial charge in [-0.2, -0.15) is 0 Å². The Morgan fingerprint density at radius 3 is 2.37 bits per heavy atom. The molecule has 0 saturated carbocycles. The van der Waals surface area contributed by atoms with Gasteiger partial charge in [-0.15, -0.1) is 0 Å². The Bertz CT molecular complexity index is 914. The molecule has 0 saturated heterocycles. The molecule has 1 amide bonds. The molecule has 0 aliphatic rings. The van der Waals surface area contributed by atoms with Crippen LogP contribution in [0.1, 0.15) is 24.3 Å². The SMILES string of the molecule is C[C@@H](N[C@@H](c1ccccc1)c1ccco1)C(=O)Nc1ccc(F)c(F)c1F. The molecule has 2 N–H and O–H groups in total. The van der Waals surface area contributed by atoms with Crippen LogP contribution in [-0.2, 0) is 4.79 Å². The minimum atomic E-state index is -1.63. The topological polar surface area (TPSA) is 54.3 Å². The molecule has 0 aliphatic heterocycles. The zero-order chi connectivity index (χ0) is 19.4. The molecule has 7 heteroatoms. The lowest BCUT2D eigenvalue weighted by Crippen LogP contribution is -2.40. The lowest BCUT2D eigenvalue weighted by atomic mass is 10.0. The Morgan fingerprint density at radius 2 is 1.70 bits per heavy atom. The van der Waals surface area contributed by atoms with Gasteiger partial charge in [-0.1, -0.05) is 30.3 Å². The van der Waals surface area contributed by atoms with Crippen LogP contribution in [0.15, 0.2) is 65.3 Å². The lowest BCUT2D eigenvalue weighted by molar-refractivity contribution is -0.117. The molecule has 27 heavy (non-hydrogen) atoms. The van der Waals surface area contributed by atoms with Gasteiger partial charge in [0.25, 0.3) is 0 Å². The second-order valence-corrected chi connectivity index (χ2v) is 5.96. The van der Waals surface area contributed by atoms with Crippen molar-refractivity contribution in [3.8, 4) is 0 Å². The molecule has 0 radical (unpaired) electrons. The van der Waals surface area contributed by atoms with E-state index in [-0.39, 0.29) is 0 Å². The molecule has 2 aromatic carbocycles. The van der Waals surface area contributed by atoms with E-state index in [2.05, 4.69) is 10.6 Å². The summed E-state index contributed by atoms with van der Waals surface area (Å²) in [6.45, 7) is 1.58. The van der Waals surface area contributed by atoms with Gasteiger partial charge in [0.05, 0.1) is 24.0 Å². The minimum absolute atomic E-state index is 0.420. The summed E-state index contributed by atoms with van der Waals surface area (Å²) >= 11 is 0. The van der Waals surface area contributed by atoms with Crippen molar-refractivity contribution < 1.29 is 22.4 Å². The summed E-state index contributed by atoms with van der Waals surface area (Å²) in [6.07, 6.45) is 1.52. The Hall–Kier alpha value is -3.06. The smallest absolute Gasteiger partial charge is 0.241 e. The van der Waals surface area contributed by atoms with Crippen LogP contribution in [0.25, 0.3) is 0 Å². The van der Waals surface area contributed by atoms with Gasteiger partial charge >= 0.3 is 0 Å². The van der Waals surface area contributed by atoms with Gasteiger partial charge in [0, 0.05) is 0 Å². The standard InChI is InChI=1S/C20H17F3N2O2/c1-12(20(26)25-15-10-9-14(21)17(22)18(15)23)24-19(16-8-5-11-27-16)13-6-3-2-4-7-13/h2-12,19,24H,1H3,(H,25,26)/t12-,19+/m1/s1. The fraction of sp³-hybridized carbons (Fsp3) is 0.150.